The number of anilines is 1. The van der Waals surface area contributed by atoms with Crippen molar-refractivity contribution in [2.24, 2.45) is 0 Å². The van der Waals surface area contributed by atoms with Gasteiger partial charge in [0.15, 0.2) is 0 Å². The Labute approximate surface area is 120 Å². The molecule has 1 rings (SSSR count). The van der Waals surface area contributed by atoms with E-state index in [2.05, 4.69) is 5.32 Å². The van der Waals surface area contributed by atoms with Crippen LogP contribution in [0.15, 0.2) is 29.2 Å². The number of benzene rings is 1. The molecule has 0 radical (unpaired) electrons. The van der Waals surface area contributed by atoms with E-state index in [1.165, 1.54) is 12.1 Å². The summed E-state index contributed by atoms with van der Waals surface area (Å²) in [4.78, 5) is -0.750. The van der Waals surface area contributed by atoms with E-state index in [0.29, 0.717) is 12.2 Å². The Morgan fingerprint density at radius 1 is 1.15 bits per heavy atom. The van der Waals surface area contributed by atoms with Gasteiger partial charge in [0.2, 0.25) is 0 Å². The zero-order chi connectivity index (χ0) is 15.6. The van der Waals surface area contributed by atoms with E-state index >= 15 is 0 Å². The van der Waals surface area contributed by atoms with Crippen molar-refractivity contribution in [1.82, 2.24) is 0 Å². The van der Waals surface area contributed by atoms with Gasteiger partial charge in [-0.1, -0.05) is 0 Å². The van der Waals surface area contributed by atoms with Gasteiger partial charge in [-0.25, -0.2) is 8.42 Å². The van der Waals surface area contributed by atoms with Gasteiger partial charge in [-0.3, -0.25) is 0 Å². The maximum absolute atomic E-state index is 12.4. The summed E-state index contributed by atoms with van der Waals surface area (Å²) in [5.41, 5.74) is -4.70. The number of thioether (sulfide) groups is 1. The highest BCUT2D eigenvalue weighted by molar-refractivity contribution is 8.00. The molecule has 0 bridgehead atoms. The van der Waals surface area contributed by atoms with Gasteiger partial charge >= 0.3 is 5.51 Å². The third kappa shape index (κ3) is 4.05. The first kappa shape index (κ1) is 17.2. The van der Waals surface area contributed by atoms with Gasteiger partial charge in [-0.05, 0) is 44.4 Å². The van der Waals surface area contributed by atoms with Crippen LogP contribution in [0.3, 0.4) is 0 Å². The van der Waals surface area contributed by atoms with Crippen LogP contribution < -0.4 is 5.32 Å². The molecule has 0 amide bonds. The molecule has 0 saturated carbocycles. The molecule has 0 aliphatic carbocycles. The summed E-state index contributed by atoms with van der Waals surface area (Å²) in [5, 5.41) is 3.06. The number of halogens is 3. The molecule has 1 aromatic rings. The first-order valence-electron chi connectivity index (χ1n) is 5.70. The Kier molecular flexibility index (Phi) is 5.02. The Morgan fingerprint density at radius 2 is 1.65 bits per heavy atom. The number of hydrogen-bond donors (Lipinski definition) is 1. The van der Waals surface area contributed by atoms with Crippen molar-refractivity contribution in [3.05, 3.63) is 24.3 Å². The van der Waals surface area contributed by atoms with Crippen molar-refractivity contribution >= 4 is 27.3 Å². The van der Waals surface area contributed by atoms with E-state index < -0.39 is 20.2 Å². The molecule has 20 heavy (non-hydrogen) atoms. The predicted molar refractivity (Wildman–Crippen MR) is 75.8 cm³/mol. The van der Waals surface area contributed by atoms with Crippen LogP contribution in [0.4, 0.5) is 18.9 Å². The highest BCUT2D eigenvalue weighted by atomic mass is 32.2. The molecule has 3 nitrogen and oxygen atoms in total. The van der Waals surface area contributed by atoms with Crippen LogP contribution in [0.1, 0.15) is 13.8 Å². The topological polar surface area (TPSA) is 46.2 Å². The largest absolute Gasteiger partial charge is 0.501 e. The lowest BCUT2D eigenvalue weighted by atomic mass is 10.2. The van der Waals surface area contributed by atoms with E-state index in [-0.39, 0.29) is 4.75 Å². The minimum absolute atomic E-state index is 0.0310. The minimum Gasteiger partial charge on any atom is -0.384 e. The predicted octanol–water partition coefficient (Wildman–Crippen LogP) is 3.53. The quantitative estimate of drug-likeness (QED) is 0.898. The molecule has 0 fully saturated rings. The van der Waals surface area contributed by atoms with E-state index in [9.17, 15) is 21.6 Å². The number of alkyl halides is 3. The summed E-state index contributed by atoms with van der Waals surface area (Å²) in [6.45, 7) is 4.65. The van der Waals surface area contributed by atoms with Crippen molar-refractivity contribution in [3.8, 4) is 0 Å². The van der Waals surface area contributed by atoms with Crippen molar-refractivity contribution < 1.29 is 21.6 Å². The van der Waals surface area contributed by atoms with Gasteiger partial charge in [-0.2, -0.15) is 24.9 Å². The minimum atomic E-state index is -5.28. The van der Waals surface area contributed by atoms with Crippen LogP contribution in [-0.4, -0.2) is 31.5 Å². The number of sulfone groups is 1. The fraction of sp³-hybridized carbons (Fsp3) is 0.500. The molecule has 0 aliphatic heterocycles. The lowest BCUT2D eigenvalue weighted by Crippen LogP contribution is -2.26. The fourth-order valence-corrected chi connectivity index (χ4v) is 2.25. The molecule has 8 heteroatoms. The zero-order valence-electron chi connectivity index (χ0n) is 11.3. The van der Waals surface area contributed by atoms with Crippen LogP contribution in [0.25, 0.3) is 0 Å². The lowest BCUT2D eigenvalue weighted by molar-refractivity contribution is -0.0436. The maximum Gasteiger partial charge on any atom is 0.501 e. The van der Waals surface area contributed by atoms with E-state index in [1.54, 1.807) is 11.8 Å². The molecule has 0 saturated heterocycles. The maximum atomic E-state index is 12.4. The summed E-state index contributed by atoms with van der Waals surface area (Å²) >= 11 is 1.65. The monoisotopic (exact) mass is 327 g/mol. The van der Waals surface area contributed by atoms with Gasteiger partial charge in [0.25, 0.3) is 9.84 Å². The van der Waals surface area contributed by atoms with Gasteiger partial charge in [0, 0.05) is 17.0 Å². The molecular weight excluding hydrogens is 311 g/mol. The van der Waals surface area contributed by atoms with E-state index in [0.717, 1.165) is 12.1 Å². The molecule has 0 heterocycles. The molecule has 0 atom stereocenters. The average Bonchev–Trinajstić information content (AvgIpc) is 2.36. The first-order valence-corrected chi connectivity index (χ1v) is 8.41. The van der Waals surface area contributed by atoms with Crippen LogP contribution in [0.2, 0.25) is 0 Å². The summed E-state index contributed by atoms with van der Waals surface area (Å²) in [7, 11) is -5.27. The standard InChI is InChI=1S/C12H16F3NO2S2/c1-11(2,19-3)8-16-9-4-6-10(7-5-9)20(17,18)12(13,14)15/h4-7,16H,8H2,1-3H3. The molecule has 114 valence electrons. The summed E-state index contributed by atoms with van der Waals surface area (Å²) in [6.07, 6.45) is 1.96. The molecule has 0 aliphatic rings. The lowest BCUT2D eigenvalue weighted by Gasteiger charge is -2.23. The average molecular weight is 327 g/mol. The second-order valence-electron chi connectivity index (χ2n) is 4.79. The Bertz CT molecular complexity index is 551. The first-order chi connectivity index (χ1) is 8.99. The number of hydrogen-bond acceptors (Lipinski definition) is 4. The van der Waals surface area contributed by atoms with Gasteiger partial charge in [0.1, 0.15) is 0 Å². The second-order valence-corrected chi connectivity index (χ2v) is 8.25. The van der Waals surface area contributed by atoms with Crippen molar-refractivity contribution in [2.75, 3.05) is 18.1 Å². The Hall–Kier alpha value is -0.890. The molecular formula is C12H16F3NO2S2. The van der Waals surface area contributed by atoms with Crippen LogP contribution in [0, 0.1) is 0 Å². The molecule has 0 unspecified atom stereocenters. The summed E-state index contributed by atoms with van der Waals surface area (Å²) in [6, 6.07) is 4.57. The SMILES string of the molecule is CSC(C)(C)CNc1ccc(S(=O)(=O)C(F)(F)F)cc1. The highest BCUT2D eigenvalue weighted by Gasteiger charge is 2.46. The third-order valence-corrected chi connectivity index (χ3v) is 5.49. The van der Waals surface area contributed by atoms with Crippen molar-refractivity contribution in [2.45, 2.75) is 29.0 Å². The third-order valence-electron chi connectivity index (χ3n) is 2.74. The summed E-state index contributed by atoms with van der Waals surface area (Å²) < 4.78 is 59.4. The van der Waals surface area contributed by atoms with Crippen LogP contribution in [-0.2, 0) is 9.84 Å². The van der Waals surface area contributed by atoms with Crippen molar-refractivity contribution in [3.63, 3.8) is 0 Å². The Balaban J connectivity index is 2.86. The molecule has 1 N–H and O–H groups in total. The zero-order valence-corrected chi connectivity index (χ0v) is 12.9. The highest BCUT2D eigenvalue weighted by Crippen LogP contribution is 2.30. The number of rotatable bonds is 5. The normalized spacial score (nSPS) is 13.3. The van der Waals surface area contributed by atoms with E-state index in [1.807, 2.05) is 20.1 Å². The fourth-order valence-electron chi connectivity index (χ4n) is 1.27. The smallest absolute Gasteiger partial charge is 0.384 e. The van der Waals surface area contributed by atoms with Gasteiger partial charge in [-0.15, -0.1) is 0 Å². The Morgan fingerprint density at radius 3 is 2.05 bits per heavy atom. The molecule has 1 aromatic carbocycles. The van der Waals surface area contributed by atoms with Crippen molar-refractivity contribution in [1.29, 1.82) is 0 Å². The van der Waals surface area contributed by atoms with Crippen LogP contribution >= 0.6 is 11.8 Å². The van der Waals surface area contributed by atoms with E-state index in [4.69, 9.17) is 0 Å². The van der Waals surface area contributed by atoms with Gasteiger partial charge < -0.3 is 5.32 Å². The molecule has 0 aromatic heterocycles. The summed E-state index contributed by atoms with van der Waals surface area (Å²) in [5.74, 6) is 0. The second kappa shape index (κ2) is 5.85. The van der Waals surface area contributed by atoms with Gasteiger partial charge in [0.05, 0.1) is 4.90 Å². The van der Waals surface area contributed by atoms with Crippen LogP contribution in [0.5, 0.6) is 0 Å². The molecule has 0 spiro atoms. The number of nitrogens with one attached hydrogen (secondary N) is 1.